The first kappa shape index (κ1) is 25.9. The van der Waals surface area contributed by atoms with Gasteiger partial charge in [-0.2, -0.15) is 0 Å². The summed E-state index contributed by atoms with van der Waals surface area (Å²) in [5, 5.41) is 46.5. The van der Waals surface area contributed by atoms with Crippen molar-refractivity contribution in [2.75, 3.05) is 11.9 Å². The first-order chi connectivity index (χ1) is 18.5. The molecule has 0 saturated heterocycles. The summed E-state index contributed by atoms with van der Waals surface area (Å²) in [4.78, 5) is 49.8. The smallest absolute Gasteiger partial charge is 0.411 e. The number of esters is 1. The van der Waals surface area contributed by atoms with E-state index in [0.29, 0.717) is 0 Å². The quantitative estimate of drug-likeness (QED) is 0.149. The van der Waals surface area contributed by atoms with Gasteiger partial charge in [0.25, 0.3) is 0 Å². The molecule has 3 aromatic rings. The Morgan fingerprint density at radius 1 is 1.00 bits per heavy atom. The molecular weight excluding hydrogens is 510 g/mol. The largest absolute Gasteiger partial charge is 0.507 e. The maximum atomic E-state index is 13.2. The van der Waals surface area contributed by atoms with Crippen molar-refractivity contribution in [3.05, 3.63) is 81.9 Å². The van der Waals surface area contributed by atoms with Crippen LogP contribution in [0.25, 0.3) is 0 Å². The molecule has 0 aromatic heterocycles. The Hall–Kier alpha value is -4.74. The first-order valence-corrected chi connectivity index (χ1v) is 11.9. The summed E-state index contributed by atoms with van der Waals surface area (Å²) in [5.41, 5.74) is -2.67. The summed E-state index contributed by atoms with van der Waals surface area (Å²) in [6.07, 6.45) is -3.31. The molecule has 0 fully saturated rings. The van der Waals surface area contributed by atoms with E-state index in [2.05, 4.69) is 5.32 Å². The SMILES string of the molecule is CC(=O)Oc1cccc(NC(=O)OCC2(O)Cc3c(O)c4c(c(O)c3[C@@H](O)C2)C(=O)c2ccccc2C4=O)c1. The number of hydrogen-bond donors (Lipinski definition) is 5. The van der Waals surface area contributed by atoms with Gasteiger partial charge in [-0.15, -0.1) is 0 Å². The number of carbonyl (C=O) groups is 4. The van der Waals surface area contributed by atoms with Crippen molar-refractivity contribution < 1.29 is 49.1 Å². The van der Waals surface area contributed by atoms with Gasteiger partial charge in [-0.05, 0) is 12.1 Å². The molecule has 39 heavy (non-hydrogen) atoms. The molecule has 0 radical (unpaired) electrons. The summed E-state index contributed by atoms with van der Waals surface area (Å²) < 4.78 is 10.1. The summed E-state index contributed by atoms with van der Waals surface area (Å²) in [6, 6.07) is 11.9. The van der Waals surface area contributed by atoms with E-state index >= 15 is 0 Å². The molecule has 0 spiro atoms. The zero-order valence-corrected chi connectivity index (χ0v) is 20.6. The monoisotopic (exact) mass is 533 g/mol. The van der Waals surface area contributed by atoms with Crippen LogP contribution < -0.4 is 10.1 Å². The van der Waals surface area contributed by atoms with E-state index in [1.165, 1.54) is 43.3 Å². The molecule has 1 unspecified atom stereocenters. The summed E-state index contributed by atoms with van der Waals surface area (Å²) in [6.45, 7) is 0.609. The molecule has 200 valence electrons. The average molecular weight is 533 g/mol. The zero-order valence-electron chi connectivity index (χ0n) is 20.6. The lowest BCUT2D eigenvalue weighted by molar-refractivity contribution is -0.131. The van der Waals surface area contributed by atoms with Gasteiger partial charge in [0.15, 0.2) is 11.6 Å². The predicted octanol–water partition coefficient (Wildman–Crippen LogP) is 2.76. The Morgan fingerprint density at radius 2 is 1.64 bits per heavy atom. The number of hydrogen-bond acceptors (Lipinski definition) is 10. The van der Waals surface area contributed by atoms with Crippen molar-refractivity contribution in [2.24, 2.45) is 0 Å². The molecule has 2 atom stereocenters. The van der Waals surface area contributed by atoms with Crippen molar-refractivity contribution in [2.45, 2.75) is 31.5 Å². The van der Waals surface area contributed by atoms with Crippen LogP contribution in [0.2, 0.25) is 0 Å². The number of rotatable bonds is 4. The number of amides is 1. The van der Waals surface area contributed by atoms with Crippen LogP contribution >= 0.6 is 0 Å². The molecule has 5 N–H and O–H groups in total. The zero-order chi connectivity index (χ0) is 28.1. The summed E-state index contributed by atoms with van der Waals surface area (Å²) in [5.74, 6) is -3.01. The summed E-state index contributed by atoms with van der Waals surface area (Å²) in [7, 11) is 0. The molecule has 2 aliphatic rings. The fourth-order valence-electron chi connectivity index (χ4n) is 5.05. The van der Waals surface area contributed by atoms with Crippen molar-refractivity contribution in [1.82, 2.24) is 0 Å². The van der Waals surface area contributed by atoms with Gasteiger partial charge in [-0.3, -0.25) is 19.7 Å². The number of carbonyl (C=O) groups excluding carboxylic acids is 4. The normalized spacial score (nSPS) is 19.4. The van der Waals surface area contributed by atoms with Gasteiger partial charge in [0, 0.05) is 53.8 Å². The topological polar surface area (TPSA) is 180 Å². The van der Waals surface area contributed by atoms with Gasteiger partial charge in [0.1, 0.15) is 29.5 Å². The van der Waals surface area contributed by atoms with Crippen LogP contribution in [0, 0.1) is 0 Å². The van der Waals surface area contributed by atoms with E-state index in [1.807, 2.05) is 0 Å². The van der Waals surface area contributed by atoms with Crippen LogP contribution in [0.5, 0.6) is 17.2 Å². The second-order valence-electron chi connectivity index (χ2n) is 9.49. The molecular formula is C28H23NO10. The molecule has 0 aliphatic heterocycles. The lowest BCUT2D eigenvalue weighted by atomic mass is 9.73. The van der Waals surface area contributed by atoms with Gasteiger partial charge < -0.3 is 29.9 Å². The van der Waals surface area contributed by atoms with Crippen LogP contribution in [-0.4, -0.2) is 56.3 Å². The number of phenols is 2. The van der Waals surface area contributed by atoms with Gasteiger partial charge >= 0.3 is 12.1 Å². The molecule has 11 nitrogen and oxygen atoms in total. The van der Waals surface area contributed by atoms with Crippen LogP contribution in [0.3, 0.4) is 0 Å². The molecule has 0 bridgehead atoms. The third-order valence-corrected chi connectivity index (χ3v) is 6.69. The predicted molar refractivity (Wildman–Crippen MR) is 134 cm³/mol. The van der Waals surface area contributed by atoms with Gasteiger partial charge in [0.2, 0.25) is 0 Å². The van der Waals surface area contributed by atoms with Crippen molar-refractivity contribution in [3.8, 4) is 17.2 Å². The minimum Gasteiger partial charge on any atom is -0.507 e. The number of benzene rings is 3. The molecule has 11 heteroatoms. The molecule has 3 aromatic carbocycles. The van der Waals surface area contributed by atoms with Crippen molar-refractivity contribution in [1.29, 1.82) is 0 Å². The molecule has 1 amide bonds. The number of aliphatic hydroxyl groups is 2. The number of nitrogens with one attached hydrogen (secondary N) is 1. The van der Waals surface area contributed by atoms with Crippen molar-refractivity contribution >= 4 is 29.3 Å². The minimum absolute atomic E-state index is 0.0500. The Labute approximate surface area is 221 Å². The minimum atomic E-state index is -1.89. The molecule has 0 heterocycles. The van der Waals surface area contributed by atoms with E-state index in [1.54, 1.807) is 12.1 Å². The van der Waals surface area contributed by atoms with Crippen LogP contribution in [-0.2, 0) is 16.0 Å². The third-order valence-electron chi connectivity index (χ3n) is 6.69. The van der Waals surface area contributed by atoms with E-state index in [4.69, 9.17) is 9.47 Å². The van der Waals surface area contributed by atoms with Gasteiger partial charge in [-0.25, -0.2) is 4.79 Å². The first-order valence-electron chi connectivity index (χ1n) is 11.9. The Balaban J connectivity index is 1.39. The Bertz CT molecular complexity index is 1560. The Kier molecular flexibility index (Phi) is 6.33. The van der Waals surface area contributed by atoms with E-state index < -0.39 is 77.4 Å². The lowest BCUT2D eigenvalue weighted by Gasteiger charge is -2.37. The second kappa shape index (κ2) is 9.53. The van der Waals surface area contributed by atoms with Crippen LogP contribution in [0.15, 0.2) is 48.5 Å². The maximum absolute atomic E-state index is 13.2. The highest BCUT2D eigenvalue weighted by Gasteiger charge is 2.45. The number of aromatic hydroxyl groups is 2. The summed E-state index contributed by atoms with van der Waals surface area (Å²) >= 11 is 0. The number of ether oxygens (including phenoxy) is 2. The van der Waals surface area contributed by atoms with E-state index in [0.717, 1.165) is 0 Å². The van der Waals surface area contributed by atoms with Crippen LogP contribution in [0.4, 0.5) is 10.5 Å². The molecule has 0 saturated carbocycles. The van der Waals surface area contributed by atoms with Crippen molar-refractivity contribution in [3.63, 3.8) is 0 Å². The highest BCUT2D eigenvalue weighted by atomic mass is 16.6. The maximum Gasteiger partial charge on any atom is 0.411 e. The van der Waals surface area contributed by atoms with Gasteiger partial charge in [0.05, 0.1) is 17.2 Å². The molecule has 5 rings (SSSR count). The highest BCUT2D eigenvalue weighted by Crippen LogP contribution is 2.50. The van der Waals surface area contributed by atoms with E-state index in [-0.39, 0.29) is 33.7 Å². The molecule has 2 aliphatic carbocycles. The highest BCUT2D eigenvalue weighted by molar-refractivity contribution is 6.30. The number of ketones is 2. The fourth-order valence-corrected chi connectivity index (χ4v) is 5.05. The van der Waals surface area contributed by atoms with E-state index in [9.17, 15) is 39.6 Å². The number of phenolic OH excluding ortho intramolecular Hbond substituents is 2. The number of fused-ring (bicyclic) bond motifs is 3. The standard InChI is InChI=1S/C28H23NO10/c1-13(30)39-15-6-4-5-14(9-15)29-27(36)38-12-28(37)10-18-20(19(31)11-28)26(35)22-21(25(18)34)23(32)16-7-2-3-8-17(16)24(22)33/h2-9,19,31,34-35,37H,10-12H2,1H3,(H,29,36)/t19-,28?/m0/s1. The number of anilines is 1. The fraction of sp³-hybridized carbons (Fsp3) is 0.214. The van der Waals surface area contributed by atoms with Gasteiger partial charge in [-0.1, -0.05) is 30.3 Å². The van der Waals surface area contributed by atoms with Crippen LogP contribution in [0.1, 0.15) is 62.4 Å². The second-order valence-corrected chi connectivity index (χ2v) is 9.49. The average Bonchev–Trinajstić information content (AvgIpc) is 2.88. The Morgan fingerprint density at radius 3 is 2.28 bits per heavy atom. The number of aliphatic hydroxyl groups excluding tert-OH is 1. The third kappa shape index (κ3) is 4.58. The lowest BCUT2D eigenvalue weighted by Crippen LogP contribution is -2.43.